The molecule has 4 rings (SSSR count). The first-order valence-electron chi connectivity index (χ1n) is 7.81. The quantitative estimate of drug-likeness (QED) is 0.800. The van der Waals surface area contributed by atoms with Crippen LogP contribution in [-0.2, 0) is 14.8 Å². The minimum Gasteiger partial charge on any atom is -0.475 e. The molecular weight excluding hydrogens is 323 g/mol. The Morgan fingerprint density at radius 2 is 2.30 bits per heavy atom. The van der Waals surface area contributed by atoms with Gasteiger partial charge in [-0.1, -0.05) is 0 Å². The number of fused-ring (bicyclic) bond motifs is 1. The van der Waals surface area contributed by atoms with Gasteiger partial charge in [0.25, 0.3) is 0 Å². The maximum absolute atomic E-state index is 13.7. The molecule has 2 saturated heterocycles. The Morgan fingerprint density at radius 3 is 3.04 bits per heavy atom. The molecule has 2 atom stereocenters. The average Bonchev–Trinajstić information content (AvgIpc) is 3.21. The van der Waals surface area contributed by atoms with E-state index < -0.39 is 21.3 Å². The van der Waals surface area contributed by atoms with Gasteiger partial charge in [0.1, 0.15) is 0 Å². The van der Waals surface area contributed by atoms with Crippen molar-refractivity contribution >= 4 is 10.0 Å². The van der Waals surface area contributed by atoms with Gasteiger partial charge in [-0.25, -0.2) is 22.1 Å². The van der Waals surface area contributed by atoms with Gasteiger partial charge in [-0.3, -0.25) is 0 Å². The highest BCUT2D eigenvalue weighted by molar-refractivity contribution is 7.90. The number of nitrogens with zero attached hydrogens (tertiary/aromatic N) is 2. The zero-order valence-corrected chi connectivity index (χ0v) is 13.5. The average molecular weight is 342 g/mol. The number of hydrogen-bond acceptors (Lipinski definition) is 5. The normalized spacial score (nSPS) is 31.3. The van der Waals surface area contributed by atoms with Crippen molar-refractivity contribution in [3.05, 3.63) is 24.1 Å². The number of halogens is 1. The molecule has 0 N–H and O–H groups in total. The summed E-state index contributed by atoms with van der Waals surface area (Å²) in [5.74, 6) is -0.473. The first kappa shape index (κ1) is 15.3. The van der Waals surface area contributed by atoms with Crippen molar-refractivity contribution in [3.63, 3.8) is 0 Å². The van der Waals surface area contributed by atoms with Gasteiger partial charge in [0.15, 0.2) is 5.82 Å². The molecule has 23 heavy (non-hydrogen) atoms. The maximum Gasteiger partial charge on any atom is 0.250 e. The summed E-state index contributed by atoms with van der Waals surface area (Å²) in [6, 6.07) is 2.79. The molecule has 0 amide bonds. The molecule has 3 fully saturated rings. The molecule has 3 heterocycles. The molecular formula is C15H19FN2O4S. The monoisotopic (exact) mass is 342 g/mol. The van der Waals surface area contributed by atoms with Crippen LogP contribution in [0.4, 0.5) is 4.39 Å². The standard InChI is InChI=1S/C15H19FN2O4S/c16-13-2-1-5-17-14(13)22-10-15-8-18(6-11(15)7-21-9-15)23(19,20)12-3-4-12/h1-2,5,11-12H,3-4,6-10H2/t11-,15+/m0/s1. The van der Waals surface area contributed by atoms with Gasteiger partial charge in [0.2, 0.25) is 15.9 Å². The largest absolute Gasteiger partial charge is 0.475 e. The zero-order valence-electron chi connectivity index (χ0n) is 12.7. The van der Waals surface area contributed by atoms with Gasteiger partial charge in [0, 0.05) is 30.6 Å². The summed E-state index contributed by atoms with van der Waals surface area (Å²) in [5, 5.41) is -0.214. The molecule has 0 aromatic carbocycles. The van der Waals surface area contributed by atoms with E-state index in [1.165, 1.54) is 18.3 Å². The van der Waals surface area contributed by atoms with Crippen LogP contribution >= 0.6 is 0 Å². The highest BCUT2D eigenvalue weighted by Crippen LogP contribution is 2.45. The van der Waals surface area contributed by atoms with Crippen LogP contribution in [0.2, 0.25) is 0 Å². The van der Waals surface area contributed by atoms with Crippen molar-refractivity contribution in [3.8, 4) is 5.88 Å². The summed E-state index contributed by atoms with van der Waals surface area (Å²) in [6.07, 6.45) is 2.97. The lowest BCUT2D eigenvalue weighted by Crippen LogP contribution is -2.39. The van der Waals surface area contributed by atoms with Crippen molar-refractivity contribution in [2.24, 2.45) is 11.3 Å². The topological polar surface area (TPSA) is 68.7 Å². The smallest absolute Gasteiger partial charge is 0.250 e. The third kappa shape index (κ3) is 2.62. The van der Waals surface area contributed by atoms with E-state index in [2.05, 4.69) is 4.98 Å². The van der Waals surface area contributed by atoms with Crippen LogP contribution in [0.1, 0.15) is 12.8 Å². The first-order chi connectivity index (χ1) is 11.0. The van der Waals surface area contributed by atoms with Gasteiger partial charge in [0.05, 0.1) is 25.1 Å². The molecule has 8 heteroatoms. The molecule has 126 valence electrons. The fourth-order valence-electron chi connectivity index (χ4n) is 3.45. The van der Waals surface area contributed by atoms with Crippen LogP contribution in [0.5, 0.6) is 5.88 Å². The van der Waals surface area contributed by atoms with Gasteiger partial charge in [-0.2, -0.15) is 0 Å². The summed E-state index contributed by atoms with van der Waals surface area (Å²) in [6.45, 7) is 2.01. The second-order valence-electron chi connectivity index (χ2n) is 6.69. The lowest BCUT2D eigenvalue weighted by atomic mass is 9.82. The van der Waals surface area contributed by atoms with Crippen LogP contribution in [0, 0.1) is 17.2 Å². The van der Waals surface area contributed by atoms with Gasteiger partial charge in [-0.05, 0) is 25.0 Å². The van der Waals surface area contributed by atoms with Crippen molar-refractivity contribution in [2.75, 3.05) is 32.9 Å². The number of hydrogen-bond donors (Lipinski definition) is 0. The van der Waals surface area contributed by atoms with E-state index >= 15 is 0 Å². The van der Waals surface area contributed by atoms with Gasteiger partial charge >= 0.3 is 0 Å². The number of pyridine rings is 1. The van der Waals surface area contributed by atoms with Gasteiger partial charge < -0.3 is 9.47 Å². The Morgan fingerprint density at radius 1 is 1.48 bits per heavy atom. The molecule has 1 aromatic rings. The Hall–Kier alpha value is -1.25. The van der Waals surface area contributed by atoms with Crippen molar-refractivity contribution in [1.29, 1.82) is 0 Å². The first-order valence-corrected chi connectivity index (χ1v) is 9.32. The number of aromatic nitrogens is 1. The van der Waals surface area contributed by atoms with Crippen LogP contribution in [0.3, 0.4) is 0 Å². The molecule has 6 nitrogen and oxygen atoms in total. The lowest BCUT2D eigenvalue weighted by Gasteiger charge is -2.26. The highest BCUT2D eigenvalue weighted by atomic mass is 32.2. The molecule has 3 aliphatic rings. The van der Waals surface area contributed by atoms with Crippen LogP contribution in [0.25, 0.3) is 0 Å². The lowest BCUT2D eigenvalue weighted by molar-refractivity contribution is 0.0969. The summed E-state index contributed by atoms with van der Waals surface area (Å²) in [7, 11) is -3.20. The van der Waals surface area contributed by atoms with E-state index in [0.717, 1.165) is 12.8 Å². The maximum atomic E-state index is 13.7. The van der Waals surface area contributed by atoms with Crippen LogP contribution in [-0.4, -0.2) is 55.9 Å². The van der Waals surface area contributed by atoms with E-state index in [0.29, 0.717) is 26.3 Å². The number of rotatable bonds is 5. The Labute approximate surface area is 134 Å². The van der Waals surface area contributed by atoms with E-state index in [1.54, 1.807) is 4.31 Å². The van der Waals surface area contributed by atoms with Crippen LogP contribution < -0.4 is 4.74 Å². The molecule has 0 unspecified atom stereocenters. The van der Waals surface area contributed by atoms with E-state index in [9.17, 15) is 12.8 Å². The molecule has 1 saturated carbocycles. The third-order valence-corrected chi connectivity index (χ3v) is 7.33. The third-order valence-electron chi connectivity index (χ3n) is 5.02. The Balaban J connectivity index is 1.51. The Kier molecular flexibility index (Phi) is 3.58. The molecule has 1 aliphatic carbocycles. The minimum absolute atomic E-state index is 0.0453. The Bertz CT molecular complexity index is 709. The SMILES string of the molecule is O=S(=O)(C1CC1)N1C[C@H]2COC[C@@]2(COc2ncccc2F)C1. The fraction of sp³-hybridized carbons (Fsp3) is 0.667. The second-order valence-corrected chi connectivity index (χ2v) is 8.90. The fourth-order valence-corrected chi connectivity index (χ4v) is 5.43. The summed E-state index contributed by atoms with van der Waals surface area (Å²) in [4.78, 5) is 3.89. The van der Waals surface area contributed by atoms with Crippen LogP contribution in [0.15, 0.2) is 18.3 Å². The predicted molar refractivity (Wildman–Crippen MR) is 79.9 cm³/mol. The predicted octanol–water partition coefficient (Wildman–Crippen LogP) is 1.04. The summed E-state index contributed by atoms with van der Waals surface area (Å²) >= 11 is 0. The summed E-state index contributed by atoms with van der Waals surface area (Å²) < 4.78 is 51.3. The highest BCUT2D eigenvalue weighted by Gasteiger charge is 2.56. The second kappa shape index (κ2) is 5.39. The van der Waals surface area contributed by atoms with Gasteiger partial charge in [-0.15, -0.1) is 0 Å². The molecule has 1 aromatic heterocycles. The van der Waals surface area contributed by atoms with Crippen molar-refractivity contribution in [1.82, 2.24) is 9.29 Å². The number of sulfonamides is 1. The van der Waals surface area contributed by atoms with Crippen molar-refractivity contribution in [2.45, 2.75) is 18.1 Å². The molecule has 0 bridgehead atoms. The zero-order chi connectivity index (χ0) is 16.1. The number of ether oxygens (including phenoxy) is 2. The molecule has 2 aliphatic heterocycles. The van der Waals surface area contributed by atoms with Crippen molar-refractivity contribution < 1.29 is 22.3 Å². The minimum atomic E-state index is -3.20. The summed E-state index contributed by atoms with van der Waals surface area (Å²) in [5.41, 5.74) is -0.411. The molecule has 0 spiro atoms. The van der Waals surface area contributed by atoms with E-state index in [-0.39, 0.29) is 23.7 Å². The van der Waals surface area contributed by atoms with E-state index in [4.69, 9.17) is 9.47 Å². The molecule has 0 radical (unpaired) electrons. The van der Waals surface area contributed by atoms with E-state index in [1.807, 2.05) is 0 Å².